The topological polar surface area (TPSA) is 52.2 Å². The van der Waals surface area contributed by atoms with Crippen molar-refractivity contribution in [3.63, 3.8) is 0 Å². The van der Waals surface area contributed by atoms with E-state index in [2.05, 4.69) is 47.9 Å². The van der Waals surface area contributed by atoms with Gasteiger partial charge < -0.3 is 15.0 Å². The molecule has 0 radical (unpaired) electrons. The summed E-state index contributed by atoms with van der Waals surface area (Å²) >= 11 is 0. The molecule has 0 atom stereocenters. The summed E-state index contributed by atoms with van der Waals surface area (Å²) in [6.45, 7) is 6.09. The summed E-state index contributed by atoms with van der Waals surface area (Å²) in [7, 11) is 2.08. The van der Waals surface area contributed by atoms with E-state index in [4.69, 9.17) is 0 Å². The normalized spacial score (nSPS) is 12.5. The molecule has 18 heavy (non-hydrogen) atoms. The van der Waals surface area contributed by atoms with Crippen LogP contribution < -0.4 is 0 Å². The van der Waals surface area contributed by atoms with Gasteiger partial charge in [0.2, 0.25) is 0 Å². The van der Waals surface area contributed by atoms with Crippen molar-refractivity contribution in [2.75, 3.05) is 20.2 Å². The first-order valence-corrected chi connectivity index (χ1v) is 6.22. The fourth-order valence-electron chi connectivity index (χ4n) is 2.23. The predicted molar refractivity (Wildman–Crippen MR) is 73.3 cm³/mol. The Balaban J connectivity index is 2.04. The Hall–Kier alpha value is -1.39. The van der Waals surface area contributed by atoms with Gasteiger partial charge in [0.25, 0.3) is 0 Å². The van der Waals surface area contributed by atoms with Crippen LogP contribution in [0.25, 0.3) is 11.0 Å². The smallest absolute Gasteiger partial charge is 0.0931 e. The standard InChI is InChI=1S/C14H21N3O/c1-14(2,9-18)8-17(3)7-11-4-5-12-13(6-11)16-10-15-12/h4-6,10,18H,7-9H2,1-3H3,(H,15,16). The zero-order valence-electron chi connectivity index (χ0n) is 11.3. The van der Waals surface area contributed by atoms with E-state index in [1.54, 1.807) is 6.33 Å². The van der Waals surface area contributed by atoms with Crippen LogP contribution in [0.1, 0.15) is 19.4 Å². The molecule has 98 valence electrons. The maximum absolute atomic E-state index is 9.28. The summed E-state index contributed by atoms with van der Waals surface area (Å²) in [5, 5.41) is 9.28. The van der Waals surface area contributed by atoms with Crippen LogP contribution in [0.5, 0.6) is 0 Å². The van der Waals surface area contributed by atoms with Crippen LogP contribution in [0, 0.1) is 5.41 Å². The molecular formula is C14H21N3O. The van der Waals surface area contributed by atoms with Gasteiger partial charge in [0.1, 0.15) is 0 Å². The van der Waals surface area contributed by atoms with Gasteiger partial charge in [-0.1, -0.05) is 19.9 Å². The summed E-state index contributed by atoms with van der Waals surface area (Å²) in [5.41, 5.74) is 3.26. The van der Waals surface area contributed by atoms with Crippen molar-refractivity contribution in [1.29, 1.82) is 0 Å². The Kier molecular flexibility index (Phi) is 3.68. The Bertz CT molecular complexity index is 518. The molecule has 0 spiro atoms. The van der Waals surface area contributed by atoms with Gasteiger partial charge in [-0.3, -0.25) is 0 Å². The highest BCUT2D eigenvalue weighted by atomic mass is 16.3. The van der Waals surface area contributed by atoms with Crippen molar-refractivity contribution in [2.45, 2.75) is 20.4 Å². The van der Waals surface area contributed by atoms with Crippen molar-refractivity contribution in [1.82, 2.24) is 14.9 Å². The number of aromatic amines is 1. The van der Waals surface area contributed by atoms with E-state index in [9.17, 15) is 5.11 Å². The van der Waals surface area contributed by atoms with Gasteiger partial charge in [0.05, 0.1) is 17.4 Å². The average Bonchev–Trinajstić information content (AvgIpc) is 2.75. The molecular weight excluding hydrogens is 226 g/mol. The molecule has 1 aromatic heterocycles. The number of nitrogens with one attached hydrogen (secondary N) is 1. The fraction of sp³-hybridized carbons (Fsp3) is 0.500. The molecule has 0 aliphatic rings. The second kappa shape index (κ2) is 5.08. The molecule has 0 fully saturated rings. The van der Waals surface area contributed by atoms with Crippen molar-refractivity contribution in [2.24, 2.45) is 5.41 Å². The second-order valence-electron chi connectivity index (χ2n) is 5.75. The van der Waals surface area contributed by atoms with Crippen LogP contribution in [-0.4, -0.2) is 40.2 Å². The molecule has 0 bridgehead atoms. The van der Waals surface area contributed by atoms with E-state index < -0.39 is 0 Å². The lowest BCUT2D eigenvalue weighted by Gasteiger charge is -2.28. The average molecular weight is 247 g/mol. The highest BCUT2D eigenvalue weighted by molar-refractivity contribution is 5.74. The molecule has 2 aromatic rings. The van der Waals surface area contributed by atoms with Crippen molar-refractivity contribution in [3.8, 4) is 0 Å². The number of nitrogens with zero attached hydrogens (tertiary/aromatic N) is 2. The first kappa shape index (κ1) is 13.1. The van der Waals surface area contributed by atoms with E-state index in [0.29, 0.717) is 0 Å². The Labute approximate surface area is 108 Å². The van der Waals surface area contributed by atoms with Crippen LogP contribution in [-0.2, 0) is 6.54 Å². The SMILES string of the molecule is CN(Cc1ccc2nc[nH]c2c1)CC(C)(C)CO. The maximum Gasteiger partial charge on any atom is 0.0931 e. The van der Waals surface area contributed by atoms with Gasteiger partial charge >= 0.3 is 0 Å². The summed E-state index contributed by atoms with van der Waals surface area (Å²) in [5.74, 6) is 0. The molecule has 4 nitrogen and oxygen atoms in total. The predicted octanol–water partition coefficient (Wildman–Crippen LogP) is 2.01. The van der Waals surface area contributed by atoms with Crippen LogP contribution in [0.15, 0.2) is 24.5 Å². The third-order valence-electron chi connectivity index (χ3n) is 3.06. The van der Waals surface area contributed by atoms with Crippen LogP contribution >= 0.6 is 0 Å². The molecule has 0 saturated heterocycles. The van der Waals surface area contributed by atoms with Gasteiger partial charge in [-0.25, -0.2) is 4.98 Å². The number of hydrogen-bond acceptors (Lipinski definition) is 3. The summed E-state index contributed by atoms with van der Waals surface area (Å²) < 4.78 is 0. The molecule has 0 unspecified atom stereocenters. The van der Waals surface area contributed by atoms with Crippen molar-refractivity contribution < 1.29 is 5.11 Å². The minimum absolute atomic E-state index is 0.0627. The van der Waals surface area contributed by atoms with Gasteiger partial charge in [-0.15, -0.1) is 0 Å². The van der Waals surface area contributed by atoms with Crippen molar-refractivity contribution in [3.05, 3.63) is 30.1 Å². The zero-order chi connectivity index (χ0) is 13.2. The van der Waals surface area contributed by atoms with Crippen LogP contribution in [0.3, 0.4) is 0 Å². The first-order chi connectivity index (χ1) is 8.50. The maximum atomic E-state index is 9.28. The number of aromatic nitrogens is 2. The number of aliphatic hydroxyl groups excluding tert-OH is 1. The molecule has 1 aromatic carbocycles. The Morgan fingerprint density at radius 3 is 2.89 bits per heavy atom. The van der Waals surface area contributed by atoms with E-state index in [1.807, 2.05) is 6.07 Å². The Morgan fingerprint density at radius 2 is 2.17 bits per heavy atom. The summed E-state index contributed by atoms with van der Waals surface area (Å²) in [6.07, 6.45) is 1.72. The lowest BCUT2D eigenvalue weighted by molar-refractivity contribution is 0.112. The lowest BCUT2D eigenvalue weighted by Crippen LogP contribution is -2.33. The minimum Gasteiger partial charge on any atom is -0.396 e. The molecule has 0 saturated carbocycles. The number of H-pyrrole nitrogens is 1. The number of hydrogen-bond donors (Lipinski definition) is 2. The number of imidazole rings is 1. The van der Waals surface area contributed by atoms with E-state index >= 15 is 0 Å². The van der Waals surface area contributed by atoms with E-state index in [1.165, 1.54) is 5.56 Å². The van der Waals surface area contributed by atoms with Crippen LogP contribution in [0.4, 0.5) is 0 Å². The lowest BCUT2D eigenvalue weighted by atomic mass is 9.94. The van der Waals surface area contributed by atoms with Gasteiger partial charge in [-0.2, -0.15) is 0 Å². The molecule has 0 amide bonds. The molecule has 0 aliphatic heterocycles. The van der Waals surface area contributed by atoms with Crippen molar-refractivity contribution >= 4 is 11.0 Å². The number of fused-ring (bicyclic) bond motifs is 1. The minimum atomic E-state index is -0.0627. The molecule has 4 heteroatoms. The molecule has 0 aliphatic carbocycles. The molecule has 1 heterocycles. The van der Waals surface area contributed by atoms with Gasteiger partial charge in [-0.05, 0) is 24.7 Å². The summed E-state index contributed by atoms with van der Waals surface area (Å²) in [4.78, 5) is 9.56. The number of aliphatic hydroxyl groups is 1. The highest BCUT2D eigenvalue weighted by Gasteiger charge is 2.18. The second-order valence-corrected chi connectivity index (χ2v) is 5.75. The summed E-state index contributed by atoms with van der Waals surface area (Å²) in [6, 6.07) is 6.27. The van der Waals surface area contributed by atoms with Gasteiger partial charge in [0, 0.05) is 25.1 Å². The van der Waals surface area contributed by atoms with Gasteiger partial charge in [0.15, 0.2) is 0 Å². The highest BCUT2D eigenvalue weighted by Crippen LogP contribution is 2.18. The van der Waals surface area contributed by atoms with E-state index in [0.717, 1.165) is 24.1 Å². The monoisotopic (exact) mass is 247 g/mol. The molecule has 2 N–H and O–H groups in total. The van der Waals surface area contributed by atoms with Crippen LogP contribution in [0.2, 0.25) is 0 Å². The number of benzene rings is 1. The molecule has 2 rings (SSSR count). The zero-order valence-corrected chi connectivity index (χ0v) is 11.3. The Morgan fingerprint density at radius 1 is 1.39 bits per heavy atom. The third-order valence-corrected chi connectivity index (χ3v) is 3.06. The largest absolute Gasteiger partial charge is 0.396 e. The fourth-order valence-corrected chi connectivity index (χ4v) is 2.23. The first-order valence-electron chi connectivity index (χ1n) is 6.22. The number of rotatable bonds is 5. The third kappa shape index (κ3) is 3.09. The quantitative estimate of drug-likeness (QED) is 0.850. The van der Waals surface area contributed by atoms with E-state index in [-0.39, 0.29) is 12.0 Å².